The van der Waals surface area contributed by atoms with Crippen molar-refractivity contribution in [1.29, 1.82) is 0 Å². The van der Waals surface area contributed by atoms with Crippen LogP contribution < -0.4 is 5.32 Å². The molecule has 0 radical (unpaired) electrons. The number of carbonyl (C=O) groups is 3. The molecule has 3 unspecified atom stereocenters. The van der Waals surface area contributed by atoms with Crippen molar-refractivity contribution in [1.82, 2.24) is 5.32 Å². The van der Waals surface area contributed by atoms with Gasteiger partial charge in [0, 0.05) is 34.5 Å². The standard InChI is InChI=1S/C25H30ClNO6/c1-5-9-32-10-11-33-25(30)20-15(3)27-18-12-14(2)19(24(29)31-4)23(28)22(18)21(20)16-7-6-8-17(26)13-16/h6-8,13-14,19,21,27H,5,9-12H2,1-4H3. The van der Waals surface area contributed by atoms with E-state index in [0.717, 1.165) is 6.42 Å². The van der Waals surface area contributed by atoms with Crippen LogP contribution in [0.15, 0.2) is 46.8 Å². The van der Waals surface area contributed by atoms with Crippen LogP contribution in [-0.2, 0) is 28.6 Å². The molecule has 3 atom stereocenters. The van der Waals surface area contributed by atoms with E-state index in [1.807, 2.05) is 19.9 Å². The van der Waals surface area contributed by atoms with Gasteiger partial charge in [-0.1, -0.05) is 37.6 Å². The van der Waals surface area contributed by atoms with Crippen molar-refractivity contribution >= 4 is 29.3 Å². The van der Waals surface area contributed by atoms with Crippen molar-refractivity contribution in [3.8, 4) is 0 Å². The van der Waals surface area contributed by atoms with E-state index in [1.165, 1.54) is 7.11 Å². The van der Waals surface area contributed by atoms with Crippen LogP contribution >= 0.6 is 11.6 Å². The average molecular weight is 476 g/mol. The van der Waals surface area contributed by atoms with Crippen LogP contribution in [0.2, 0.25) is 5.02 Å². The van der Waals surface area contributed by atoms with Gasteiger partial charge in [0.05, 0.1) is 19.3 Å². The predicted molar refractivity (Wildman–Crippen MR) is 123 cm³/mol. The molecular weight excluding hydrogens is 446 g/mol. The molecule has 1 aliphatic carbocycles. The summed E-state index contributed by atoms with van der Waals surface area (Å²) in [5.74, 6) is -3.36. The quantitative estimate of drug-likeness (QED) is 0.346. The monoisotopic (exact) mass is 475 g/mol. The zero-order valence-corrected chi connectivity index (χ0v) is 20.2. The number of benzene rings is 1. The molecule has 0 spiro atoms. The van der Waals surface area contributed by atoms with Crippen molar-refractivity contribution < 1.29 is 28.6 Å². The number of hydrogen-bond donors (Lipinski definition) is 1. The highest BCUT2D eigenvalue weighted by molar-refractivity contribution is 6.30. The van der Waals surface area contributed by atoms with Gasteiger partial charge in [0.15, 0.2) is 5.78 Å². The first-order chi connectivity index (χ1) is 15.8. The summed E-state index contributed by atoms with van der Waals surface area (Å²) in [6.45, 7) is 6.60. The Hall–Kier alpha value is -2.64. The maximum atomic E-state index is 13.6. The van der Waals surface area contributed by atoms with Crippen LogP contribution in [0.5, 0.6) is 0 Å². The third-order valence-corrected chi connectivity index (χ3v) is 6.19. The Morgan fingerprint density at radius 1 is 1.21 bits per heavy atom. The van der Waals surface area contributed by atoms with E-state index in [0.29, 0.717) is 46.2 Å². The van der Waals surface area contributed by atoms with Gasteiger partial charge in [-0.2, -0.15) is 0 Å². The number of esters is 2. The fourth-order valence-electron chi connectivity index (χ4n) is 4.49. The third-order valence-electron chi connectivity index (χ3n) is 5.95. The smallest absolute Gasteiger partial charge is 0.336 e. The topological polar surface area (TPSA) is 90.9 Å². The lowest BCUT2D eigenvalue weighted by atomic mass is 9.69. The third kappa shape index (κ3) is 5.31. The van der Waals surface area contributed by atoms with Gasteiger partial charge < -0.3 is 19.5 Å². The second kappa shape index (κ2) is 11.0. The largest absolute Gasteiger partial charge is 0.468 e. The second-order valence-corrected chi connectivity index (χ2v) is 8.78. The molecule has 1 N–H and O–H groups in total. The molecule has 0 saturated heterocycles. The number of ether oxygens (including phenoxy) is 3. The highest BCUT2D eigenvalue weighted by Crippen LogP contribution is 2.45. The molecule has 1 aliphatic heterocycles. The summed E-state index contributed by atoms with van der Waals surface area (Å²) in [5.41, 5.74) is 2.69. The van der Waals surface area contributed by atoms with E-state index in [9.17, 15) is 14.4 Å². The molecule has 2 aliphatic rings. The van der Waals surface area contributed by atoms with E-state index >= 15 is 0 Å². The zero-order chi connectivity index (χ0) is 24.1. The fraction of sp³-hybridized carbons (Fsp3) is 0.480. The number of allylic oxidation sites excluding steroid dienone is 3. The van der Waals surface area contributed by atoms with E-state index in [2.05, 4.69) is 5.32 Å². The van der Waals surface area contributed by atoms with Crippen molar-refractivity contribution in [2.75, 3.05) is 26.9 Å². The molecule has 8 heteroatoms. The van der Waals surface area contributed by atoms with Gasteiger partial charge in [-0.3, -0.25) is 9.59 Å². The Kier molecular flexibility index (Phi) is 8.32. The van der Waals surface area contributed by atoms with Crippen LogP contribution in [0.1, 0.15) is 45.1 Å². The number of nitrogens with one attached hydrogen (secondary N) is 1. The SMILES string of the molecule is CCCOCCOC(=O)C1=C(C)NC2=C(C(=O)C(C(=O)OC)C(C)C2)C1c1cccc(Cl)c1. The molecule has 178 valence electrons. The molecule has 0 aromatic heterocycles. The summed E-state index contributed by atoms with van der Waals surface area (Å²) < 4.78 is 15.8. The maximum absolute atomic E-state index is 13.6. The van der Waals surface area contributed by atoms with Gasteiger partial charge >= 0.3 is 11.9 Å². The lowest BCUT2D eigenvalue weighted by molar-refractivity contribution is -0.151. The second-order valence-electron chi connectivity index (χ2n) is 8.34. The lowest BCUT2D eigenvalue weighted by Gasteiger charge is -2.38. The molecule has 0 bridgehead atoms. The molecule has 0 amide bonds. The van der Waals surface area contributed by atoms with Crippen LogP contribution in [0.4, 0.5) is 0 Å². The number of rotatable bonds is 8. The number of ketones is 1. The van der Waals surface area contributed by atoms with Gasteiger partial charge in [0.2, 0.25) is 0 Å². The minimum absolute atomic E-state index is 0.0968. The van der Waals surface area contributed by atoms with Crippen LogP contribution in [-0.4, -0.2) is 44.7 Å². The summed E-state index contributed by atoms with van der Waals surface area (Å²) in [6, 6.07) is 7.04. The number of dihydropyridines is 1. The van der Waals surface area contributed by atoms with Gasteiger partial charge in [0.1, 0.15) is 12.5 Å². The molecule has 1 aromatic carbocycles. The van der Waals surface area contributed by atoms with Crippen molar-refractivity contribution in [3.63, 3.8) is 0 Å². The van der Waals surface area contributed by atoms with Gasteiger partial charge in [0.25, 0.3) is 0 Å². The number of methoxy groups -OCH3 is 1. The molecule has 0 saturated carbocycles. The molecule has 1 heterocycles. The maximum Gasteiger partial charge on any atom is 0.336 e. The van der Waals surface area contributed by atoms with Crippen molar-refractivity contribution in [2.24, 2.45) is 11.8 Å². The number of carbonyl (C=O) groups excluding carboxylic acids is 3. The number of halogens is 1. The number of hydrogen-bond acceptors (Lipinski definition) is 7. The molecule has 33 heavy (non-hydrogen) atoms. The predicted octanol–water partition coefficient (Wildman–Crippen LogP) is 3.92. The molecule has 3 rings (SSSR count). The van der Waals surface area contributed by atoms with E-state index in [1.54, 1.807) is 25.1 Å². The van der Waals surface area contributed by atoms with Crippen molar-refractivity contribution in [3.05, 3.63) is 57.4 Å². The Labute approximate surface area is 199 Å². The van der Waals surface area contributed by atoms with Crippen molar-refractivity contribution in [2.45, 2.75) is 39.5 Å². The summed E-state index contributed by atoms with van der Waals surface area (Å²) in [7, 11) is 1.27. The normalized spacial score (nSPS) is 22.6. The Balaban J connectivity index is 2.02. The van der Waals surface area contributed by atoms with Gasteiger partial charge in [-0.15, -0.1) is 0 Å². The average Bonchev–Trinajstić information content (AvgIpc) is 2.77. The van der Waals surface area contributed by atoms with Crippen LogP contribution in [0, 0.1) is 11.8 Å². The minimum atomic E-state index is -0.935. The highest BCUT2D eigenvalue weighted by Gasteiger charge is 2.47. The first-order valence-electron chi connectivity index (χ1n) is 11.1. The summed E-state index contributed by atoms with van der Waals surface area (Å²) in [4.78, 5) is 39.3. The summed E-state index contributed by atoms with van der Waals surface area (Å²) >= 11 is 6.26. The summed E-state index contributed by atoms with van der Waals surface area (Å²) in [6.07, 6.45) is 1.35. The Bertz CT molecular complexity index is 998. The zero-order valence-electron chi connectivity index (χ0n) is 19.4. The first kappa shape index (κ1) is 25.0. The molecule has 7 nitrogen and oxygen atoms in total. The first-order valence-corrected chi connectivity index (χ1v) is 11.5. The number of Topliss-reactive ketones (excluding diaryl/α,β-unsaturated/α-hetero) is 1. The van der Waals surface area contributed by atoms with E-state index < -0.39 is 23.8 Å². The minimum Gasteiger partial charge on any atom is -0.468 e. The summed E-state index contributed by atoms with van der Waals surface area (Å²) in [5, 5.41) is 3.71. The molecular formula is C25H30ClNO6. The highest BCUT2D eigenvalue weighted by atomic mass is 35.5. The Morgan fingerprint density at radius 2 is 1.97 bits per heavy atom. The van der Waals surface area contributed by atoms with Crippen LogP contribution in [0.25, 0.3) is 0 Å². The van der Waals surface area contributed by atoms with E-state index in [4.69, 9.17) is 25.8 Å². The lowest BCUT2D eigenvalue weighted by Crippen LogP contribution is -2.43. The van der Waals surface area contributed by atoms with Gasteiger partial charge in [-0.05, 0) is 43.4 Å². The van der Waals surface area contributed by atoms with Gasteiger partial charge in [-0.25, -0.2) is 4.79 Å². The Morgan fingerprint density at radius 3 is 2.64 bits per heavy atom. The molecule has 0 fully saturated rings. The van der Waals surface area contributed by atoms with E-state index in [-0.39, 0.29) is 24.9 Å². The van der Waals surface area contributed by atoms with Crippen LogP contribution in [0.3, 0.4) is 0 Å². The fourth-order valence-corrected chi connectivity index (χ4v) is 4.69. The molecule has 1 aromatic rings.